The highest BCUT2D eigenvalue weighted by atomic mass is 19.1. The zero-order chi connectivity index (χ0) is 20.9. The lowest BCUT2D eigenvalue weighted by atomic mass is 10.0. The maximum absolute atomic E-state index is 14.5. The quantitative estimate of drug-likeness (QED) is 0.508. The van der Waals surface area contributed by atoms with Crippen LogP contribution in [-0.4, -0.2) is 25.8 Å². The predicted octanol–water partition coefficient (Wildman–Crippen LogP) is 4.06. The number of pyridine rings is 2. The van der Waals surface area contributed by atoms with E-state index in [1.54, 1.807) is 43.0 Å². The second-order valence-electron chi connectivity index (χ2n) is 6.43. The summed E-state index contributed by atoms with van der Waals surface area (Å²) in [5.74, 6) is -1.20. The summed E-state index contributed by atoms with van der Waals surface area (Å²) >= 11 is 0. The van der Waals surface area contributed by atoms with Crippen LogP contribution in [0.15, 0.2) is 73.4 Å². The van der Waals surface area contributed by atoms with Crippen molar-refractivity contribution in [3.63, 3.8) is 0 Å². The molecule has 0 spiro atoms. The van der Waals surface area contributed by atoms with Gasteiger partial charge >= 0.3 is 0 Å². The van der Waals surface area contributed by atoms with Crippen LogP contribution in [0, 0.1) is 11.8 Å². The monoisotopic (exact) mass is 403 g/mol. The van der Waals surface area contributed by atoms with Crippen molar-refractivity contribution in [2.24, 2.45) is 0 Å². The van der Waals surface area contributed by atoms with E-state index in [0.717, 1.165) is 11.6 Å². The van der Waals surface area contributed by atoms with Crippen molar-refractivity contribution in [2.75, 3.05) is 5.32 Å². The zero-order valence-electron chi connectivity index (χ0n) is 15.6. The van der Waals surface area contributed by atoms with E-state index in [-0.39, 0.29) is 17.9 Å². The third-order valence-electron chi connectivity index (χ3n) is 4.33. The largest absolute Gasteiger partial charge is 0.310 e. The molecule has 0 saturated carbocycles. The molecule has 8 heteroatoms. The van der Waals surface area contributed by atoms with Gasteiger partial charge in [0.1, 0.15) is 11.6 Å². The first kappa shape index (κ1) is 19.3. The lowest BCUT2D eigenvalue weighted by Crippen LogP contribution is -2.15. The third kappa shape index (κ3) is 4.49. The summed E-state index contributed by atoms with van der Waals surface area (Å²) in [5, 5.41) is 2.68. The molecule has 1 N–H and O–H groups in total. The molecule has 0 fully saturated rings. The van der Waals surface area contributed by atoms with E-state index >= 15 is 0 Å². The number of benzene rings is 1. The third-order valence-corrected chi connectivity index (χ3v) is 4.33. The summed E-state index contributed by atoms with van der Waals surface area (Å²) in [6.45, 7) is 0. The first-order valence-corrected chi connectivity index (χ1v) is 9.01. The van der Waals surface area contributed by atoms with Gasteiger partial charge in [-0.1, -0.05) is 12.1 Å². The Hall–Kier alpha value is -4.07. The standard InChI is InChI=1S/C22H15F2N5O/c23-18-9-14(1-3-17(18)15-5-6-27-20(24)11-15)10-22(30)29-21-4-2-16(12-28-21)19-13-25-7-8-26-19/h1-9,11-13H,10H2,(H,28,29,30). The van der Waals surface area contributed by atoms with Crippen LogP contribution in [0.4, 0.5) is 14.6 Å². The second-order valence-corrected chi connectivity index (χ2v) is 6.43. The molecule has 1 amide bonds. The van der Waals surface area contributed by atoms with Crippen molar-refractivity contribution in [3.8, 4) is 22.4 Å². The van der Waals surface area contributed by atoms with E-state index in [1.165, 1.54) is 24.4 Å². The number of anilines is 1. The molecule has 0 bridgehead atoms. The number of aromatic nitrogens is 4. The summed E-state index contributed by atoms with van der Waals surface area (Å²) < 4.78 is 27.7. The second kappa shape index (κ2) is 8.52. The Kier molecular flexibility index (Phi) is 5.47. The van der Waals surface area contributed by atoms with Crippen LogP contribution in [0.5, 0.6) is 0 Å². The Balaban J connectivity index is 1.42. The molecular formula is C22H15F2N5O. The fraction of sp³-hybridized carbons (Fsp3) is 0.0455. The molecule has 0 aliphatic rings. The van der Waals surface area contributed by atoms with Gasteiger partial charge in [0, 0.05) is 42.0 Å². The van der Waals surface area contributed by atoms with Crippen LogP contribution < -0.4 is 5.32 Å². The van der Waals surface area contributed by atoms with Crippen LogP contribution >= 0.6 is 0 Å². The number of nitrogens with one attached hydrogen (secondary N) is 1. The summed E-state index contributed by atoms with van der Waals surface area (Å²) in [4.78, 5) is 28.1. The number of carbonyl (C=O) groups excluding carboxylic acids is 1. The van der Waals surface area contributed by atoms with Gasteiger partial charge in [0.2, 0.25) is 11.9 Å². The maximum atomic E-state index is 14.5. The van der Waals surface area contributed by atoms with E-state index in [1.807, 2.05) is 0 Å². The summed E-state index contributed by atoms with van der Waals surface area (Å²) in [7, 11) is 0. The predicted molar refractivity (Wildman–Crippen MR) is 107 cm³/mol. The van der Waals surface area contributed by atoms with Gasteiger partial charge < -0.3 is 5.32 Å². The Morgan fingerprint density at radius 1 is 0.867 bits per heavy atom. The van der Waals surface area contributed by atoms with Crippen LogP contribution in [0.25, 0.3) is 22.4 Å². The SMILES string of the molecule is O=C(Cc1ccc(-c2ccnc(F)c2)c(F)c1)Nc1ccc(-c2cnccn2)cn1. The number of amides is 1. The maximum Gasteiger partial charge on any atom is 0.229 e. The lowest BCUT2D eigenvalue weighted by molar-refractivity contribution is -0.115. The van der Waals surface area contributed by atoms with Gasteiger partial charge in [-0.3, -0.25) is 14.8 Å². The number of halogens is 2. The lowest BCUT2D eigenvalue weighted by Gasteiger charge is -2.08. The molecule has 148 valence electrons. The van der Waals surface area contributed by atoms with Gasteiger partial charge in [-0.05, 0) is 35.4 Å². The van der Waals surface area contributed by atoms with E-state index in [0.29, 0.717) is 22.6 Å². The van der Waals surface area contributed by atoms with E-state index in [9.17, 15) is 13.6 Å². The highest BCUT2D eigenvalue weighted by Crippen LogP contribution is 2.24. The van der Waals surface area contributed by atoms with Gasteiger partial charge in [-0.2, -0.15) is 4.39 Å². The molecule has 30 heavy (non-hydrogen) atoms. The van der Waals surface area contributed by atoms with Crippen molar-refractivity contribution in [1.29, 1.82) is 0 Å². The van der Waals surface area contributed by atoms with Crippen molar-refractivity contribution in [3.05, 3.63) is 90.8 Å². The molecule has 0 aliphatic heterocycles. The number of hydrogen-bond donors (Lipinski definition) is 1. The Morgan fingerprint density at radius 3 is 2.47 bits per heavy atom. The number of hydrogen-bond acceptors (Lipinski definition) is 5. The van der Waals surface area contributed by atoms with Crippen molar-refractivity contribution >= 4 is 11.7 Å². The molecule has 3 aromatic heterocycles. The van der Waals surface area contributed by atoms with Gasteiger partial charge in [0.25, 0.3) is 0 Å². The molecule has 0 saturated heterocycles. The van der Waals surface area contributed by atoms with Gasteiger partial charge in [-0.15, -0.1) is 0 Å². The van der Waals surface area contributed by atoms with Crippen LogP contribution in [0.2, 0.25) is 0 Å². The minimum atomic E-state index is -0.687. The first-order valence-electron chi connectivity index (χ1n) is 9.01. The van der Waals surface area contributed by atoms with Crippen molar-refractivity contribution in [1.82, 2.24) is 19.9 Å². The first-order chi connectivity index (χ1) is 14.6. The molecule has 0 atom stereocenters. The van der Waals surface area contributed by atoms with Crippen molar-refractivity contribution in [2.45, 2.75) is 6.42 Å². The fourth-order valence-electron chi connectivity index (χ4n) is 2.91. The normalized spacial score (nSPS) is 10.6. The summed E-state index contributed by atoms with van der Waals surface area (Å²) in [6, 6.07) is 10.5. The van der Waals surface area contributed by atoms with E-state index < -0.39 is 11.8 Å². The minimum Gasteiger partial charge on any atom is -0.310 e. The molecule has 0 aliphatic carbocycles. The number of rotatable bonds is 5. The number of carbonyl (C=O) groups is 1. The minimum absolute atomic E-state index is 0.0322. The van der Waals surface area contributed by atoms with Gasteiger partial charge in [-0.25, -0.2) is 14.4 Å². The van der Waals surface area contributed by atoms with Gasteiger partial charge in [0.05, 0.1) is 18.3 Å². The average Bonchev–Trinajstić information content (AvgIpc) is 2.75. The van der Waals surface area contributed by atoms with E-state index in [2.05, 4.69) is 25.3 Å². The summed E-state index contributed by atoms with van der Waals surface area (Å²) in [6.07, 6.45) is 7.61. The van der Waals surface area contributed by atoms with E-state index in [4.69, 9.17) is 0 Å². The molecule has 6 nitrogen and oxygen atoms in total. The smallest absolute Gasteiger partial charge is 0.229 e. The fourth-order valence-corrected chi connectivity index (χ4v) is 2.91. The van der Waals surface area contributed by atoms with Crippen LogP contribution in [0.1, 0.15) is 5.56 Å². The molecule has 1 aromatic carbocycles. The molecule has 3 heterocycles. The molecule has 4 aromatic rings. The molecular weight excluding hydrogens is 388 g/mol. The van der Waals surface area contributed by atoms with Crippen LogP contribution in [0.3, 0.4) is 0 Å². The molecule has 0 radical (unpaired) electrons. The number of nitrogens with zero attached hydrogens (tertiary/aromatic N) is 4. The Labute approximate surface area is 170 Å². The van der Waals surface area contributed by atoms with Gasteiger partial charge in [0.15, 0.2) is 0 Å². The Bertz CT molecular complexity index is 1180. The topological polar surface area (TPSA) is 80.7 Å². The zero-order valence-corrected chi connectivity index (χ0v) is 15.6. The van der Waals surface area contributed by atoms with Crippen LogP contribution in [-0.2, 0) is 11.2 Å². The molecule has 0 unspecified atom stereocenters. The average molecular weight is 403 g/mol. The Morgan fingerprint density at radius 2 is 1.77 bits per heavy atom. The highest BCUT2D eigenvalue weighted by molar-refractivity contribution is 5.91. The highest BCUT2D eigenvalue weighted by Gasteiger charge is 2.11. The van der Waals surface area contributed by atoms with Crippen molar-refractivity contribution < 1.29 is 13.6 Å². The summed E-state index contributed by atoms with van der Waals surface area (Å²) in [5.41, 5.74) is 2.54. The molecule has 4 rings (SSSR count).